The average Bonchev–Trinajstić information content (AvgIpc) is 3.65. The third kappa shape index (κ3) is 5.00. The summed E-state index contributed by atoms with van der Waals surface area (Å²) < 4.78 is 15.5. The molecule has 5 nitrogen and oxygen atoms in total. The Kier molecular flexibility index (Phi) is 7.11. The van der Waals surface area contributed by atoms with Crippen LogP contribution in [0.2, 0.25) is 0 Å². The molecule has 0 bridgehead atoms. The van der Waals surface area contributed by atoms with Crippen molar-refractivity contribution in [3.05, 3.63) is 101 Å². The number of pyridine rings is 1. The van der Waals surface area contributed by atoms with Gasteiger partial charge < -0.3 is 14.7 Å². The molecule has 1 unspecified atom stereocenters. The Bertz CT molecular complexity index is 1430. The number of rotatable bonds is 6. The van der Waals surface area contributed by atoms with Crippen molar-refractivity contribution < 1.29 is 9.18 Å². The first-order chi connectivity index (χ1) is 19.3. The Morgan fingerprint density at radius 3 is 2.55 bits per heavy atom. The highest BCUT2D eigenvalue weighted by molar-refractivity contribution is 5.97. The minimum atomic E-state index is -0.453. The zero-order chi connectivity index (χ0) is 28.0. The fourth-order valence-corrected chi connectivity index (χ4v) is 6.30. The predicted octanol–water partition coefficient (Wildman–Crippen LogP) is 7.01. The molecule has 3 aliphatic heterocycles. The van der Waals surface area contributed by atoms with E-state index in [1.807, 2.05) is 46.5 Å². The molecule has 40 heavy (non-hydrogen) atoms. The summed E-state index contributed by atoms with van der Waals surface area (Å²) in [5.41, 5.74) is 6.48. The van der Waals surface area contributed by atoms with Gasteiger partial charge in [-0.2, -0.15) is 4.39 Å². The first-order valence-electron chi connectivity index (χ1n) is 14.7. The van der Waals surface area contributed by atoms with Gasteiger partial charge in [0.15, 0.2) is 0 Å². The molecule has 4 aliphatic rings. The van der Waals surface area contributed by atoms with Gasteiger partial charge in [-0.25, -0.2) is 4.98 Å². The lowest BCUT2D eigenvalue weighted by atomic mass is 9.92. The Morgan fingerprint density at radius 1 is 1.10 bits per heavy atom. The average molecular weight is 539 g/mol. The molecular weight excluding hydrogens is 499 g/mol. The second-order valence-corrected chi connectivity index (χ2v) is 11.9. The molecule has 1 saturated carbocycles. The van der Waals surface area contributed by atoms with E-state index >= 15 is 4.39 Å². The number of carbonyl (C=O) groups is 1. The number of fused-ring (bicyclic) bond motifs is 1. The van der Waals surface area contributed by atoms with Crippen molar-refractivity contribution >= 4 is 17.3 Å². The number of hydrogen-bond donors (Lipinski definition) is 0. The Morgan fingerprint density at radius 2 is 1.85 bits per heavy atom. The lowest BCUT2D eigenvalue weighted by Crippen LogP contribution is -2.40. The molecule has 0 radical (unpaired) electrons. The van der Waals surface area contributed by atoms with E-state index in [2.05, 4.69) is 55.4 Å². The summed E-state index contributed by atoms with van der Waals surface area (Å²) >= 11 is 0. The van der Waals surface area contributed by atoms with Gasteiger partial charge in [0.25, 0.3) is 5.91 Å². The molecule has 1 saturated heterocycles. The minimum absolute atomic E-state index is 0.00534. The van der Waals surface area contributed by atoms with Crippen molar-refractivity contribution in [2.24, 2.45) is 11.8 Å². The quantitative estimate of drug-likeness (QED) is 0.371. The summed E-state index contributed by atoms with van der Waals surface area (Å²) in [6.07, 6.45) is 11.2. The number of aromatic nitrogens is 1. The second-order valence-electron chi connectivity index (χ2n) is 11.9. The standard InChI is InChI=1S/C34H39FN4O/c1-22(2)31(29-13-14-32(36-33(29)35)37-16-7-8-17-37)21-38-20-27(19-30(23(38)3)26-11-12-26)34(40)39-18-15-25-9-5-6-10-28(25)24(39)4/h5-6,9-10,13-14,19-22,24,26H,3,7-8,11-12,15-18H2,1-2,4H3/b31-21+. The number of hydrogen-bond acceptors (Lipinski definition) is 4. The molecule has 4 heterocycles. The van der Waals surface area contributed by atoms with Crippen LogP contribution in [-0.4, -0.2) is 40.3 Å². The highest BCUT2D eigenvalue weighted by Gasteiger charge is 2.35. The molecule has 1 aromatic heterocycles. The normalized spacial score (nSPS) is 21.5. The molecule has 208 valence electrons. The molecule has 6 heteroatoms. The first-order valence-corrected chi connectivity index (χ1v) is 14.7. The Labute approximate surface area is 237 Å². The number of allylic oxidation sites excluding steroid dienone is 2. The monoisotopic (exact) mass is 538 g/mol. The zero-order valence-corrected chi connectivity index (χ0v) is 23.9. The van der Waals surface area contributed by atoms with E-state index in [0.717, 1.165) is 62.0 Å². The van der Waals surface area contributed by atoms with E-state index in [-0.39, 0.29) is 17.9 Å². The fourth-order valence-electron chi connectivity index (χ4n) is 6.30. The highest BCUT2D eigenvalue weighted by Crippen LogP contribution is 2.44. The van der Waals surface area contributed by atoms with E-state index in [1.54, 1.807) is 0 Å². The molecule has 1 atom stereocenters. The summed E-state index contributed by atoms with van der Waals surface area (Å²) in [6, 6.07) is 12.2. The highest BCUT2D eigenvalue weighted by atomic mass is 19.1. The lowest BCUT2D eigenvalue weighted by Gasteiger charge is -2.37. The van der Waals surface area contributed by atoms with Crippen LogP contribution in [0.5, 0.6) is 0 Å². The fraction of sp³-hybridized carbons (Fsp3) is 0.412. The smallest absolute Gasteiger partial charge is 0.255 e. The summed E-state index contributed by atoms with van der Waals surface area (Å²) in [7, 11) is 0. The summed E-state index contributed by atoms with van der Waals surface area (Å²) in [6.45, 7) is 13.2. The van der Waals surface area contributed by atoms with E-state index < -0.39 is 5.95 Å². The largest absolute Gasteiger partial charge is 0.357 e. The maximum atomic E-state index is 15.5. The maximum absolute atomic E-state index is 15.5. The van der Waals surface area contributed by atoms with Crippen LogP contribution < -0.4 is 4.90 Å². The van der Waals surface area contributed by atoms with Gasteiger partial charge in [-0.05, 0) is 91.3 Å². The molecule has 6 rings (SSSR count). The SMILES string of the molecule is C=C1C(C2CC2)=CC(C(=O)N2CCc3ccccc3C2C)=CN1/C=C(/c1ccc(N2CCCC2)nc1F)C(C)C. The zero-order valence-electron chi connectivity index (χ0n) is 23.9. The first kappa shape index (κ1) is 26.5. The number of amides is 1. The van der Waals surface area contributed by atoms with E-state index in [0.29, 0.717) is 29.4 Å². The molecule has 1 amide bonds. The molecule has 1 aromatic carbocycles. The van der Waals surface area contributed by atoms with Gasteiger partial charge in [-0.3, -0.25) is 4.79 Å². The van der Waals surface area contributed by atoms with Crippen molar-refractivity contribution in [3.63, 3.8) is 0 Å². The van der Waals surface area contributed by atoms with Crippen molar-refractivity contribution in [1.29, 1.82) is 0 Å². The van der Waals surface area contributed by atoms with E-state index in [9.17, 15) is 4.79 Å². The number of benzene rings is 1. The van der Waals surface area contributed by atoms with Gasteiger partial charge in [-0.15, -0.1) is 0 Å². The van der Waals surface area contributed by atoms with Crippen LogP contribution in [0.3, 0.4) is 0 Å². The van der Waals surface area contributed by atoms with Crippen LogP contribution in [-0.2, 0) is 11.2 Å². The van der Waals surface area contributed by atoms with Crippen molar-refractivity contribution in [1.82, 2.24) is 14.8 Å². The molecular formula is C34H39FN4O. The van der Waals surface area contributed by atoms with Crippen LogP contribution in [0.25, 0.3) is 5.57 Å². The van der Waals surface area contributed by atoms with Crippen LogP contribution in [0.15, 0.2) is 78.3 Å². The topological polar surface area (TPSA) is 39.7 Å². The Balaban J connectivity index is 1.33. The second kappa shape index (κ2) is 10.7. The molecule has 0 spiro atoms. The van der Waals surface area contributed by atoms with Crippen molar-refractivity contribution in [3.8, 4) is 0 Å². The van der Waals surface area contributed by atoms with Gasteiger partial charge in [-0.1, -0.05) is 44.7 Å². The van der Waals surface area contributed by atoms with Crippen LogP contribution in [0, 0.1) is 17.8 Å². The number of anilines is 1. The van der Waals surface area contributed by atoms with Crippen molar-refractivity contribution in [2.45, 2.75) is 58.9 Å². The molecule has 2 fully saturated rings. The van der Waals surface area contributed by atoms with E-state index in [1.165, 1.54) is 11.1 Å². The number of halogens is 1. The van der Waals surface area contributed by atoms with Gasteiger partial charge in [0.05, 0.1) is 11.6 Å². The molecule has 2 aromatic rings. The Hall–Kier alpha value is -3.67. The summed E-state index contributed by atoms with van der Waals surface area (Å²) in [5.74, 6) is 0.738. The van der Waals surface area contributed by atoms with Crippen LogP contribution >= 0.6 is 0 Å². The summed E-state index contributed by atoms with van der Waals surface area (Å²) in [4.78, 5) is 24.4. The van der Waals surface area contributed by atoms with Gasteiger partial charge in [0.2, 0.25) is 5.95 Å². The van der Waals surface area contributed by atoms with Crippen LogP contribution in [0.4, 0.5) is 10.2 Å². The van der Waals surface area contributed by atoms with Crippen LogP contribution in [0.1, 0.15) is 69.2 Å². The van der Waals surface area contributed by atoms with E-state index in [4.69, 9.17) is 0 Å². The van der Waals surface area contributed by atoms with Gasteiger partial charge in [0.1, 0.15) is 5.82 Å². The third-order valence-electron chi connectivity index (χ3n) is 8.83. The third-order valence-corrected chi connectivity index (χ3v) is 8.83. The van der Waals surface area contributed by atoms with Crippen molar-refractivity contribution in [2.75, 3.05) is 24.5 Å². The van der Waals surface area contributed by atoms with Gasteiger partial charge >= 0.3 is 0 Å². The summed E-state index contributed by atoms with van der Waals surface area (Å²) in [5, 5.41) is 0. The van der Waals surface area contributed by atoms with Gasteiger partial charge in [0, 0.05) is 43.3 Å². The number of nitrogens with zero attached hydrogens (tertiary/aromatic N) is 4. The minimum Gasteiger partial charge on any atom is -0.357 e. The lowest BCUT2D eigenvalue weighted by molar-refractivity contribution is -0.129. The molecule has 0 N–H and O–H groups in total. The number of carbonyl (C=O) groups excluding carboxylic acids is 1. The molecule has 1 aliphatic carbocycles. The maximum Gasteiger partial charge on any atom is 0.255 e. The predicted molar refractivity (Wildman–Crippen MR) is 159 cm³/mol.